The van der Waals surface area contributed by atoms with Gasteiger partial charge in [-0.1, -0.05) is 0 Å². The first-order valence-electron chi connectivity index (χ1n) is 4.62. The Hall–Kier alpha value is -1.10. The first kappa shape index (κ1) is 17.9. The maximum absolute atomic E-state index is 12.8. The van der Waals surface area contributed by atoms with E-state index in [1.54, 1.807) is 0 Å². The predicted molar refractivity (Wildman–Crippen MR) is 46.7 cm³/mol. The largest absolute Gasteiger partial charge is 0.460 e. The highest BCUT2D eigenvalue weighted by atomic mass is 19.4. The van der Waals surface area contributed by atoms with Crippen LogP contribution in [0.1, 0.15) is 6.92 Å². The molecule has 0 saturated carbocycles. The van der Waals surface area contributed by atoms with Crippen LogP contribution in [0.25, 0.3) is 0 Å². The second kappa shape index (κ2) is 5.12. The summed E-state index contributed by atoms with van der Waals surface area (Å²) in [6, 6.07) is 0. The molecule has 0 heterocycles. The Morgan fingerprint density at radius 1 is 1.00 bits per heavy atom. The molecular weight excluding hydrogens is 291 g/mol. The van der Waals surface area contributed by atoms with Crippen LogP contribution < -0.4 is 5.32 Å². The number of aliphatic hydroxyl groups is 2. The molecule has 11 heteroatoms. The Balaban J connectivity index is 5.29. The summed E-state index contributed by atoms with van der Waals surface area (Å²) in [5.74, 6) is -15.6. The molecule has 0 aromatic heterocycles. The first-order chi connectivity index (χ1) is 8.25. The van der Waals surface area contributed by atoms with Crippen LogP contribution in [-0.4, -0.2) is 52.9 Å². The maximum atomic E-state index is 12.8. The van der Waals surface area contributed by atoms with Gasteiger partial charge in [0.15, 0.2) is 0 Å². The zero-order chi connectivity index (χ0) is 15.7. The van der Waals surface area contributed by atoms with Crippen LogP contribution in [-0.2, 0) is 4.79 Å². The lowest BCUT2D eigenvalue weighted by molar-refractivity contribution is -0.344. The molecule has 0 unspecified atom stereocenters. The molecule has 0 bridgehead atoms. The van der Waals surface area contributed by atoms with Gasteiger partial charge in [-0.15, -0.1) is 0 Å². The summed E-state index contributed by atoms with van der Waals surface area (Å²) in [4.78, 5) is 10.8. The molecule has 1 amide bonds. The van der Waals surface area contributed by atoms with Crippen LogP contribution in [0.15, 0.2) is 0 Å². The van der Waals surface area contributed by atoms with E-state index >= 15 is 0 Å². The average molecular weight is 301 g/mol. The van der Waals surface area contributed by atoms with Crippen molar-refractivity contribution in [2.45, 2.75) is 30.5 Å². The predicted octanol–water partition coefficient (Wildman–Crippen LogP) is 0.679. The fourth-order valence-electron chi connectivity index (χ4n) is 0.802. The Labute approximate surface area is 102 Å². The van der Waals surface area contributed by atoms with E-state index < -0.39 is 42.7 Å². The lowest BCUT2D eigenvalue weighted by Gasteiger charge is -2.32. The number of carbonyl (C=O) groups excluding carboxylic acids is 1. The molecule has 0 aliphatic rings. The summed E-state index contributed by atoms with van der Waals surface area (Å²) in [6.45, 7) is -1.53. The molecule has 0 radical (unpaired) electrons. The number of carbonyl (C=O) groups is 1. The van der Waals surface area contributed by atoms with Gasteiger partial charge >= 0.3 is 18.0 Å². The molecule has 3 N–H and O–H groups in total. The van der Waals surface area contributed by atoms with Gasteiger partial charge in [-0.3, -0.25) is 4.79 Å². The molecule has 0 atom stereocenters. The van der Waals surface area contributed by atoms with Crippen molar-refractivity contribution < 1.29 is 45.7 Å². The summed E-state index contributed by atoms with van der Waals surface area (Å²) in [6.07, 6.45) is -6.64. The minimum Gasteiger partial charge on any atom is -0.394 e. The van der Waals surface area contributed by atoms with Gasteiger partial charge in [0, 0.05) is 0 Å². The van der Waals surface area contributed by atoms with Gasteiger partial charge in [-0.05, 0) is 6.92 Å². The smallest absolute Gasteiger partial charge is 0.394 e. The lowest BCUT2D eigenvalue weighted by Crippen LogP contribution is -2.64. The van der Waals surface area contributed by atoms with Crippen molar-refractivity contribution in [3.63, 3.8) is 0 Å². The highest BCUT2D eigenvalue weighted by Gasteiger charge is 2.76. The van der Waals surface area contributed by atoms with Crippen LogP contribution in [0.4, 0.5) is 30.7 Å². The molecule has 0 aliphatic carbocycles. The van der Waals surface area contributed by atoms with E-state index in [1.165, 1.54) is 0 Å². The van der Waals surface area contributed by atoms with Gasteiger partial charge in [-0.2, -0.15) is 30.7 Å². The van der Waals surface area contributed by atoms with Crippen molar-refractivity contribution >= 4 is 5.91 Å². The SMILES string of the molecule is CC(CO)(CO)NC(=O)C(F)(F)C(F)(F)C(F)(F)F. The van der Waals surface area contributed by atoms with Gasteiger partial charge < -0.3 is 15.5 Å². The standard InChI is InChI=1S/C8H10F7NO3/c1-5(2-17,3-18)16-4(19)6(9,10)7(11,12)8(13,14)15/h17-18H,2-3H2,1H3,(H,16,19). The fourth-order valence-corrected chi connectivity index (χ4v) is 0.802. The average Bonchev–Trinajstić information content (AvgIpc) is 2.26. The monoisotopic (exact) mass is 301 g/mol. The van der Waals surface area contributed by atoms with Crippen LogP contribution >= 0.6 is 0 Å². The van der Waals surface area contributed by atoms with E-state index in [1.807, 2.05) is 0 Å². The molecule has 0 aliphatic heterocycles. The van der Waals surface area contributed by atoms with E-state index in [-0.39, 0.29) is 0 Å². The van der Waals surface area contributed by atoms with Crippen LogP contribution in [0.3, 0.4) is 0 Å². The van der Waals surface area contributed by atoms with Crippen molar-refractivity contribution in [3.05, 3.63) is 0 Å². The van der Waals surface area contributed by atoms with E-state index in [0.29, 0.717) is 0 Å². The molecular formula is C8H10F7NO3. The number of hydrogen-bond donors (Lipinski definition) is 3. The van der Waals surface area contributed by atoms with E-state index in [2.05, 4.69) is 0 Å². The molecule has 0 aromatic rings. The third-order valence-electron chi connectivity index (χ3n) is 2.15. The number of halogens is 7. The third-order valence-corrected chi connectivity index (χ3v) is 2.15. The molecule has 0 saturated heterocycles. The van der Waals surface area contributed by atoms with Crippen molar-refractivity contribution in [2.24, 2.45) is 0 Å². The topological polar surface area (TPSA) is 69.6 Å². The Kier molecular flexibility index (Phi) is 4.82. The lowest BCUT2D eigenvalue weighted by atomic mass is 10.0. The van der Waals surface area contributed by atoms with Crippen molar-refractivity contribution in [1.29, 1.82) is 0 Å². The van der Waals surface area contributed by atoms with Gasteiger partial charge in [0.05, 0.1) is 18.8 Å². The number of nitrogens with one attached hydrogen (secondary N) is 1. The van der Waals surface area contributed by atoms with Gasteiger partial charge in [0.2, 0.25) is 0 Å². The van der Waals surface area contributed by atoms with Gasteiger partial charge in [0.25, 0.3) is 5.91 Å². The Morgan fingerprint density at radius 2 is 1.37 bits per heavy atom. The zero-order valence-electron chi connectivity index (χ0n) is 9.36. The van der Waals surface area contributed by atoms with E-state index in [9.17, 15) is 35.5 Å². The minimum absolute atomic E-state index is 0.771. The first-order valence-corrected chi connectivity index (χ1v) is 4.62. The highest BCUT2D eigenvalue weighted by molar-refractivity contribution is 5.85. The molecule has 19 heavy (non-hydrogen) atoms. The summed E-state index contributed by atoms with van der Waals surface area (Å²) in [7, 11) is 0. The summed E-state index contributed by atoms with van der Waals surface area (Å²) >= 11 is 0. The number of amides is 1. The van der Waals surface area contributed by atoms with Crippen molar-refractivity contribution in [2.75, 3.05) is 13.2 Å². The molecule has 4 nitrogen and oxygen atoms in total. The molecule has 0 aromatic carbocycles. The fraction of sp³-hybridized carbons (Fsp3) is 0.875. The highest BCUT2D eigenvalue weighted by Crippen LogP contribution is 2.46. The second-order valence-corrected chi connectivity index (χ2v) is 3.98. The van der Waals surface area contributed by atoms with Crippen LogP contribution in [0.2, 0.25) is 0 Å². The third kappa shape index (κ3) is 3.26. The van der Waals surface area contributed by atoms with Crippen LogP contribution in [0.5, 0.6) is 0 Å². The van der Waals surface area contributed by atoms with Gasteiger partial charge in [-0.25, -0.2) is 0 Å². The number of rotatable bonds is 5. The summed E-state index contributed by atoms with van der Waals surface area (Å²) < 4.78 is 86.0. The molecule has 0 rings (SSSR count). The second-order valence-electron chi connectivity index (χ2n) is 3.98. The zero-order valence-corrected chi connectivity index (χ0v) is 9.36. The number of hydrogen-bond acceptors (Lipinski definition) is 3. The van der Waals surface area contributed by atoms with Crippen molar-refractivity contribution in [3.8, 4) is 0 Å². The van der Waals surface area contributed by atoms with E-state index in [0.717, 1.165) is 12.2 Å². The maximum Gasteiger partial charge on any atom is 0.460 e. The normalized spacial score (nSPS) is 14.4. The Morgan fingerprint density at radius 3 is 1.63 bits per heavy atom. The quantitative estimate of drug-likeness (QED) is 0.654. The number of aliphatic hydroxyl groups excluding tert-OH is 2. The minimum atomic E-state index is -6.64. The molecule has 114 valence electrons. The Bertz CT molecular complexity index is 338. The van der Waals surface area contributed by atoms with E-state index in [4.69, 9.17) is 10.2 Å². The summed E-state index contributed by atoms with van der Waals surface area (Å²) in [5.41, 5.74) is -2.16. The van der Waals surface area contributed by atoms with Crippen LogP contribution in [0, 0.1) is 0 Å². The molecule has 0 spiro atoms. The van der Waals surface area contributed by atoms with Gasteiger partial charge in [0.1, 0.15) is 0 Å². The molecule has 0 fully saturated rings. The van der Waals surface area contributed by atoms with Crippen molar-refractivity contribution in [1.82, 2.24) is 5.32 Å². The summed E-state index contributed by atoms with van der Waals surface area (Å²) in [5, 5.41) is 18.3. The number of alkyl halides is 7.